The van der Waals surface area contributed by atoms with Gasteiger partial charge in [-0.3, -0.25) is 5.32 Å². The number of rotatable bonds is 9. The second kappa shape index (κ2) is 13.3. The largest absolute Gasteiger partial charge is 0.457 e. The summed E-state index contributed by atoms with van der Waals surface area (Å²) in [5.74, 6) is 1.90. The lowest BCUT2D eigenvalue weighted by molar-refractivity contribution is -0.288. The van der Waals surface area contributed by atoms with Crippen LogP contribution in [0.1, 0.15) is 6.92 Å². The summed E-state index contributed by atoms with van der Waals surface area (Å²) >= 11 is 5.93. The molecule has 1 aliphatic heterocycles. The van der Waals surface area contributed by atoms with E-state index in [0.717, 1.165) is 11.3 Å². The van der Waals surface area contributed by atoms with Gasteiger partial charge < -0.3 is 28.4 Å². The molecule has 42 heavy (non-hydrogen) atoms. The predicted molar refractivity (Wildman–Crippen MR) is 155 cm³/mol. The molecule has 1 amide bonds. The predicted octanol–water partition coefficient (Wildman–Crippen LogP) is 5.72. The SMILES string of the molecule is CO[C@@H]1[C@@H](OC)[C@H](C)O[C@@H](OC(=O)Nc2ccc(-c3ncn(-c4ccc(Oc5ccc(Cl)cc5)cc4)n3)cc2)[C@@H]1OC. The zero-order valence-corrected chi connectivity index (χ0v) is 24.2. The fourth-order valence-electron chi connectivity index (χ4n) is 4.69. The Bertz CT molecular complexity index is 1460. The van der Waals surface area contributed by atoms with Crippen molar-refractivity contribution in [2.45, 2.75) is 37.6 Å². The van der Waals surface area contributed by atoms with Gasteiger partial charge in [0, 0.05) is 37.6 Å². The molecule has 4 aromatic rings. The molecule has 0 bridgehead atoms. The van der Waals surface area contributed by atoms with Crippen LogP contribution in [0.4, 0.5) is 10.5 Å². The maximum Gasteiger partial charge on any atom is 0.414 e. The highest BCUT2D eigenvalue weighted by molar-refractivity contribution is 6.30. The molecule has 11 nitrogen and oxygen atoms in total. The molecule has 1 aromatic heterocycles. The molecule has 0 unspecified atom stereocenters. The van der Waals surface area contributed by atoms with Crippen LogP contribution >= 0.6 is 11.6 Å². The Morgan fingerprint density at radius 1 is 0.857 bits per heavy atom. The molecular weight excluding hydrogens is 564 g/mol. The van der Waals surface area contributed by atoms with Crippen LogP contribution in [0.15, 0.2) is 79.1 Å². The first-order valence-electron chi connectivity index (χ1n) is 13.2. The Morgan fingerprint density at radius 2 is 1.48 bits per heavy atom. The second-order valence-corrected chi connectivity index (χ2v) is 9.92. The number of halogens is 1. The minimum atomic E-state index is -0.980. The Kier molecular flexibility index (Phi) is 9.35. The summed E-state index contributed by atoms with van der Waals surface area (Å²) in [7, 11) is 4.61. The molecule has 0 aliphatic carbocycles. The van der Waals surface area contributed by atoms with E-state index in [4.69, 9.17) is 40.0 Å². The van der Waals surface area contributed by atoms with Gasteiger partial charge in [-0.2, -0.15) is 0 Å². The summed E-state index contributed by atoms with van der Waals surface area (Å²) in [5, 5.41) is 7.94. The zero-order valence-electron chi connectivity index (χ0n) is 23.5. The third kappa shape index (κ3) is 6.72. The lowest BCUT2D eigenvalue weighted by Gasteiger charge is -2.43. The molecule has 5 rings (SSSR count). The summed E-state index contributed by atoms with van der Waals surface area (Å²) in [6.45, 7) is 1.82. The molecular formula is C30H31ClN4O7. The standard InChI is InChI=1S/C30H31ClN4O7/c1-18-25(37-2)26(38-3)27(39-4)29(40-18)42-30(36)33-21-9-5-19(6-10-21)28-32-17-35(34-28)22-11-15-24(16-12-22)41-23-13-7-20(31)8-14-23/h5-18,25-27,29H,1-4H3,(H,33,36)/t18-,25-,26+,27+,29-/m0/s1. The molecule has 1 N–H and O–H groups in total. The summed E-state index contributed by atoms with van der Waals surface area (Å²) in [4.78, 5) is 17.1. The number of anilines is 1. The number of hydrogen-bond donors (Lipinski definition) is 1. The van der Waals surface area contributed by atoms with Crippen LogP contribution in [-0.4, -0.2) is 72.9 Å². The van der Waals surface area contributed by atoms with Crippen LogP contribution in [-0.2, 0) is 23.7 Å². The topological polar surface area (TPSA) is 115 Å². The monoisotopic (exact) mass is 594 g/mol. The van der Waals surface area contributed by atoms with E-state index in [0.29, 0.717) is 28.0 Å². The lowest BCUT2D eigenvalue weighted by atomic mass is 9.99. The van der Waals surface area contributed by atoms with E-state index in [1.807, 2.05) is 31.2 Å². The minimum absolute atomic E-state index is 0.374. The molecule has 5 atom stereocenters. The van der Waals surface area contributed by atoms with Gasteiger partial charge in [0.1, 0.15) is 36.1 Å². The second-order valence-electron chi connectivity index (χ2n) is 9.48. The Hall–Kier alpha value is -4.00. The number of carbonyl (C=O) groups excluding carboxylic acids is 1. The Labute approximate surface area is 248 Å². The number of amides is 1. The lowest BCUT2D eigenvalue weighted by Crippen LogP contribution is -2.59. The number of methoxy groups -OCH3 is 3. The van der Waals surface area contributed by atoms with Crippen molar-refractivity contribution < 1.29 is 33.2 Å². The fourth-order valence-corrected chi connectivity index (χ4v) is 4.82. The highest BCUT2D eigenvalue weighted by Crippen LogP contribution is 2.28. The summed E-state index contributed by atoms with van der Waals surface area (Å²) < 4.78 is 35.4. The summed E-state index contributed by atoms with van der Waals surface area (Å²) in [5.41, 5.74) is 2.11. The fraction of sp³-hybridized carbons (Fsp3) is 0.300. The Balaban J connectivity index is 1.18. The van der Waals surface area contributed by atoms with Gasteiger partial charge in [-0.25, -0.2) is 14.5 Å². The molecule has 2 heterocycles. The number of hydrogen-bond acceptors (Lipinski definition) is 9. The van der Waals surface area contributed by atoms with Crippen LogP contribution in [0.5, 0.6) is 11.5 Å². The molecule has 220 valence electrons. The van der Waals surface area contributed by atoms with Crippen molar-refractivity contribution in [1.29, 1.82) is 0 Å². The molecule has 0 spiro atoms. The van der Waals surface area contributed by atoms with Gasteiger partial charge in [0.05, 0.1) is 11.8 Å². The third-order valence-electron chi connectivity index (χ3n) is 6.80. The molecule has 0 radical (unpaired) electrons. The quantitative estimate of drug-likeness (QED) is 0.260. The molecule has 1 aliphatic rings. The maximum atomic E-state index is 12.7. The first-order valence-corrected chi connectivity index (χ1v) is 13.5. The highest BCUT2D eigenvalue weighted by Gasteiger charge is 2.47. The molecule has 3 aromatic carbocycles. The van der Waals surface area contributed by atoms with Gasteiger partial charge in [-0.1, -0.05) is 11.6 Å². The first kappa shape index (κ1) is 29.5. The van der Waals surface area contributed by atoms with Crippen molar-refractivity contribution in [1.82, 2.24) is 14.8 Å². The maximum absolute atomic E-state index is 12.7. The van der Waals surface area contributed by atoms with Gasteiger partial charge in [0.2, 0.25) is 6.29 Å². The van der Waals surface area contributed by atoms with E-state index >= 15 is 0 Å². The van der Waals surface area contributed by atoms with Gasteiger partial charge >= 0.3 is 6.09 Å². The van der Waals surface area contributed by atoms with Crippen molar-refractivity contribution in [3.63, 3.8) is 0 Å². The van der Waals surface area contributed by atoms with Gasteiger partial charge in [-0.05, 0) is 79.7 Å². The van der Waals surface area contributed by atoms with E-state index in [2.05, 4.69) is 15.4 Å². The minimum Gasteiger partial charge on any atom is -0.457 e. The van der Waals surface area contributed by atoms with Gasteiger partial charge in [0.25, 0.3) is 0 Å². The normalized spacial score (nSPS) is 22.0. The third-order valence-corrected chi connectivity index (χ3v) is 7.05. The summed E-state index contributed by atoms with van der Waals surface area (Å²) in [6, 6.07) is 21.7. The molecule has 1 saturated heterocycles. The van der Waals surface area contributed by atoms with Crippen LogP contribution in [0.2, 0.25) is 5.02 Å². The van der Waals surface area contributed by atoms with Crippen molar-refractivity contribution >= 4 is 23.4 Å². The first-order chi connectivity index (χ1) is 20.4. The van der Waals surface area contributed by atoms with E-state index in [1.54, 1.807) is 73.8 Å². The van der Waals surface area contributed by atoms with E-state index in [1.165, 1.54) is 7.11 Å². The van der Waals surface area contributed by atoms with Crippen molar-refractivity contribution in [3.8, 4) is 28.6 Å². The van der Waals surface area contributed by atoms with Crippen molar-refractivity contribution in [2.24, 2.45) is 0 Å². The van der Waals surface area contributed by atoms with Gasteiger partial charge in [-0.15, -0.1) is 5.10 Å². The van der Waals surface area contributed by atoms with Crippen molar-refractivity contribution in [2.75, 3.05) is 26.6 Å². The molecule has 1 fully saturated rings. The Morgan fingerprint density at radius 3 is 2.10 bits per heavy atom. The van der Waals surface area contributed by atoms with Crippen LogP contribution in [0, 0.1) is 0 Å². The zero-order chi connectivity index (χ0) is 29.6. The van der Waals surface area contributed by atoms with E-state index < -0.39 is 24.6 Å². The van der Waals surface area contributed by atoms with Crippen LogP contribution in [0.25, 0.3) is 17.1 Å². The van der Waals surface area contributed by atoms with E-state index in [-0.39, 0.29) is 12.2 Å². The molecule has 12 heteroatoms. The number of aromatic nitrogens is 3. The smallest absolute Gasteiger partial charge is 0.414 e. The highest BCUT2D eigenvalue weighted by atomic mass is 35.5. The average Bonchev–Trinajstić information content (AvgIpc) is 3.49. The summed E-state index contributed by atoms with van der Waals surface area (Å²) in [6.07, 6.45) is -1.94. The van der Waals surface area contributed by atoms with Crippen molar-refractivity contribution in [3.05, 3.63) is 84.1 Å². The van der Waals surface area contributed by atoms with E-state index in [9.17, 15) is 4.79 Å². The number of nitrogens with zero attached hydrogens (tertiary/aromatic N) is 3. The molecule has 0 saturated carbocycles. The number of benzene rings is 3. The number of carbonyl (C=O) groups is 1. The number of ether oxygens (including phenoxy) is 6. The van der Waals surface area contributed by atoms with Gasteiger partial charge in [0.15, 0.2) is 5.82 Å². The van der Waals surface area contributed by atoms with Crippen LogP contribution in [0.3, 0.4) is 0 Å². The van der Waals surface area contributed by atoms with Crippen LogP contribution < -0.4 is 10.1 Å². The average molecular weight is 595 g/mol. The number of nitrogens with one attached hydrogen (secondary N) is 1.